The summed E-state index contributed by atoms with van der Waals surface area (Å²) in [6, 6.07) is 0.514. The maximum atomic E-state index is 5.91. The smallest absolute Gasteiger partial charge is 0.191 e. The van der Waals surface area contributed by atoms with Gasteiger partial charge in [-0.15, -0.1) is 24.0 Å². The molecule has 0 aliphatic heterocycles. The van der Waals surface area contributed by atoms with Gasteiger partial charge in [-0.1, -0.05) is 19.8 Å². The molecule has 0 bridgehead atoms. The quantitative estimate of drug-likeness (QED) is 0.231. The zero-order valence-electron chi connectivity index (χ0n) is 15.6. The third kappa shape index (κ3) is 5.46. The van der Waals surface area contributed by atoms with Crippen molar-refractivity contribution in [1.82, 2.24) is 10.6 Å². The molecule has 2 fully saturated rings. The van der Waals surface area contributed by atoms with Crippen molar-refractivity contribution in [3.05, 3.63) is 0 Å². The predicted molar refractivity (Wildman–Crippen MR) is 110 cm³/mol. The van der Waals surface area contributed by atoms with E-state index in [1.54, 1.807) is 0 Å². The zero-order valence-corrected chi connectivity index (χ0v) is 17.9. The minimum atomic E-state index is 0. The number of nitrogens with zero attached hydrogens (tertiary/aromatic N) is 1. The molecule has 24 heavy (non-hydrogen) atoms. The van der Waals surface area contributed by atoms with Crippen LogP contribution < -0.4 is 10.6 Å². The van der Waals surface area contributed by atoms with Gasteiger partial charge in [0.05, 0.1) is 6.10 Å². The summed E-state index contributed by atoms with van der Waals surface area (Å²) < 4.78 is 11.5. The number of hydrogen-bond acceptors (Lipinski definition) is 3. The van der Waals surface area contributed by atoms with E-state index in [2.05, 4.69) is 29.5 Å². The van der Waals surface area contributed by atoms with E-state index in [9.17, 15) is 0 Å². The number of ether oxygens (including phenoxy) is 2. The molecule has 2 unspecified atom stereocenters. The molecule has 0 heterocycles. The number of unbranched alkanes of at least 4 members (excludes halogenated alkanes) is 1. The molecule has 0 aromatic rings. The third-order valence-electron chi connectivity index (χ3n) is 5.37. The lowest BCUT2D eigenvalue weighted by Gasteiger charge is -2.61. The van der Waals surface area contributed by atoms with E-state index in [1.165, 1.54) is 25.7 Å². The molecule has 2 atom stereocenters. The Labute approximate surface area is 164 Å². The van der Waals surface area contributed by atoms with Crippen LogP contribution in [0.4, 0.5) is 0 Å². The van der Waals surface area contributed by atoms with E-state index in [1.807, 2.05) is 7.05 Å². The summed E-state index contributed by atoms with van der Waals surface area (Å²) in [5.41, 5.74) is 0.372. The number of hydrogen-bond donors (Lipinski definition) is 2. The molecule has 2 rings (SSSR count). The van der Waals surface area contributed by atoms with Crippen LogP contribution in [0, 0.1) is 5.41 Å². The zero-order chi connectivity index (χ0) is 16.5. The van der Waals surface area contributed by atoms with Crippen molar-refractivity contribution in [3.63, 3.8) is 0 Å². The fourth-order valence-corrected chi connectivity index (χ4v) is 3.73. The Kier molecular flexibility index (Phi) is 10.5. The maximum Gasteiger partial charge on any atom is 0.191 e. The molecule has 142 valence electrons. The number of nitrogens with one attached hydrogen (secondary N) is 2. The Morgan fingerprint density at radius 1 is 1.21 bits per heavy atom. The van der Waals surface area contributed by atoms with Gasteiger partial charge in [-0.2, -0.15) is 0 Å². The van der Waals surface area contributed by atoms with Crippen LogP contribution in [0.25, 0.3) is 0 Å². The summed E-state index contributed by atoms with van der Waals surface area (Å²) in [6.07, 6.45) is 8.83. The van der Waals surface area contributed by atoms with E-state index >= 15 is 0 Å². The number of aliphatic imine (C=N–C) groups is 1. The van der Waals surface area contributed by atoms with E-state index in [0.29, 0.717) is 17.6 Å². The Bertz CT molecular complexity index is 375. The van der Waals surface area contributed by atoms with Crippen molar-refractivity contribution in [3.8, 4) is 0 Å². The van der Waals surface area contributed by atoms with E-state index in [4.69, 9.17) is 9.47 Å². The first-order valence-electron chi connectivity index (χ1n) is 9.43. The molecular weight excluding hydrogens is 417 g/mol. The van der Waals surface area contributed by atoms with Gasteiger partial charge in [-0.3, -0.25) is 4.99 Å². The Balaban J connectivity index is 0.00000288. The largest absolute Gasteiger partial charge is 0.381 e. The lowest BCUT2D eigenvalue weighted by atomic mass is 9.51. The van der Waals surface area contributed by atoms with Gasteiger partial charge in [-0.05, 0) is 39.0 Å². The second-order valence-corrected chi connectivity index (χ2v) is 6.78. The SMILES string of the molecule is CCCCOCCCNC(=NC)NC1CC(OCC)C12CCC2.I. The van der Waals surface area contributed by atoms with Crippen LogP contribution in [0.5, 0.6) is 0 Å². The van der Waals surface area contributed by atoms with Gasteiger partial charge >= 0.3 is 0 Å². The van der Waals surface area contributed by atoms with E-state index in [-0.39, 0.29) is 24.0 Å². The molecule has 0 amide bonds. The first-order chi connectivity index (χ1) is 11.3. The summed E-state index contributed by atoms with van der Waals surface area (Å²) in [5, 5.41) is 7.02. The Hall–Kier alpha value is -0.0800. The molecule has 5 nitrogen and oxygen atoms in total. The number of guanidine groups is 1. The summed E-state index contributed by atoms with van der Waals surface area (Å²) in [7, 11) is 1.85. The lowest BCUT2D eigenvalue weighted by molar-refractivity contribution is -0.168. The van der Waals surface area contributed by atoms with Crippen LogP contribution in [-0.4, -0.2) is 51.5 Å². The van der Waals surface area contributed by atoms with Gasteiger partial charge in [0, 0.05) is 44.9 Å². The monoisotopic (exact) mass is 453 g/mol. The molecular formula is C18H36IN3O2. The van der Waals surface area contributed by atoms with Crippen LogP contribution >= 0.6 is 24.0 Å². The van der Waals surface area contributed by atoms with Crippen molar-refractivity contribution in [2.24, 2.45) is 10.4 Å². The van der Waals surface area contributed by atoms with Gasteiger partial charge in [-0.25, -0.2) is 0 Å². The van der Waals surface area contributed by atoms with Crippen molar-refractivity contribution in [1.29, 1.82) is 0 Å². The van der Waals surface area contributed by atoms with Gasteiger partial charge in [0.25, 0.3) is 0 Å². The molecule has 2 saturated carbocycles. The topological polar surface area (TPSA) is 54.9 Å². The second kappa shape index (κ2) is 11.5. The number of rotatable bonds is 10. The highest BCUT2D eigenvalue weighted by atomic mass is 127. The first-order valence-corrected chi connectivity index (χ1v) is 9.43. The lowest BCUT2D eigenvalue weighted by Crippen LogP contribution is -2.68. The summed E-state index contributed by atoms with van der Waals surface area (Å²) >= 11 is 0. The second-order valence-electron chi connectivity index (χ2n) is 6.78. The van der Waals surface area contributed by atoms with Crippen LogP contribution in [0.1, 0.15) is 58.8 Å². The molecule has 2 N–H and O–H groups in total. The van der Waals surface area contributed by atoms with Crippen LogP contribution in [0.3, 0.4) is 0 Å². The average Bonchev–Trinajstić information content (AvgIpc) is 2.49. The van der Waals surface area contributed by atoms with E-state index < -0.39 is 0 Å². The molecule has 0 radical (unpaired) electrons. The van der Waals surface area contributed by atoms with Crippen molar-refractivity contribution in [2.75, 3.05) is 33.4 Å². The molecule has 1 spiro atoms. The average molecular weight is 453 g/mol. The fourth-order valence-electron chi connectivity index (χ4n) is 3.73. The van der Waals surface area contributed by atoms with Crippen LogP contribution in [-0.2, 0) is 9.47 Å². The molecule has 0 aromatic carbocycles. The van der Waals surface area contributed by atoms with Crippen molar-refractivity contribution >= 4 is 29.9 Å². The highest BCUT2D eigenvalue weighted by Crippen LogP contribution is 2.57. The maximum absolute atomic E-state index is 5.91. The number of halogens is 1. The first kappa shape index (κ1) is 22.0. The molecule has 6 heteroatoms. The summed E-state index contributed by atoms with van der Waals surface area (Å²) in [5.74, 6) is 0.921. The minimum Gasteiger partial charge on any atom is -0.381 e. The molecule has 0 saturated heterocycles. The van der Waals surface area contributed by atoms with Gasteiger partial charge < -0.3 is 20.1 Å². The fraction of sp³-hybridized carbons (Fsp3) is 0.944. The van der Waals surface area contributed by atoms with Crippen LogP contribution in [0.2, 0.25) is 0 Å². The highest BCUT2D eigenvalue weighted by Gasteiger charge is 2.59. The summed E-state index contributed by atoms with van der Waals surface area (Å²) in [6.45, 7) is 7.71. The third-order valence-corrected chi connectivity index (χ3v) is 5.37. The van der Waals surface area contributed by atoms with Gasteiger partial charge in [0.1, 0.15) is 0 Å². The van der Waals surface area contributed by atoms with Crippen LogP contribution in [0.15, 0.2) is 4.99 Å². The standard InChI is InChI=1S/C18H35N3O2.HI/c1-4-6-12-22-13-8-11-20-17(19-3)21-15-14-16(23-5-2)18(15)9-7-10-18;/h15-16H,4-14H2,1-3H3,(H2,19,20,21);1H. The molecule has 2 aliphatic carbocycles. The highest BCUT2D eigenvalue weighted by molar-refractivity contribution is 14.0. The normalized spacial score (nSPS) is 24.7. The van der Waals surface area contributed by atoms with Crippen molar-refractivity contribution < 1.29 is 9.47 Å². The predicted octanol–water partition coefficient (Wildman–Crippen LogP) is 3.32. The van der Waals surface area contributed by atoms with Gasteiger partial charge in [0.2, 0.25) is 0 Å². The molecule has 2 aliphatic rings. The minimum absolute atomic E-state index is 0. The van der Waals surface area contributed by atoms with E-state index in [0.717, 1.165) is 51.6 Å². The summed E-state index contributed by atoms with van der Waals surface area (Å²) in [4.78, 5) is 4.36. The van der Waals surface area contributed by atoms with Gasteiger partial charge in [0.15, 0.2) is 5.96 Å². The Morgan fingerprint density at radius 3 is 2.54 bits per heavy atom. The molecule has 0 aromatic heterocycles. The van der Waals surface area contributed by atoms with Crippen molar-refractivity contribution in [2.45, 2.75) is 70.9 Å². The Morgan fingerprint density at radius 2 is 1.96 bits per heavy atom.